The molecule has 1 atom stereocenters. The van der Waals surface area contributed by atoms with Crippen LogP contribution < -0.4 is 0 Å². The number of rotatable bonds is 4. The quantitative estimate of drug-likeness (QED) is 0.842. The molecule has 6 heteroatoms. The van der Waals surface area contributed by atoms with E-state index in [9.17, 15) is 9.59 Å². The van der Waals surface area contributed by atoms with E-state index in [1.54, 1.807) is 4.90 Å². The molecule has 2 fully saturated rings. The van der Waals surface area contributed by atoms with Crippen LogP contribution in [0.25, 0.3) is 0 Å². The molecule has 0 N–H and O–H groups in total. The highest BCUT2D eigenvalue weighted by molar-refractivity contribution is 5.85. The predicted molar refractivity (Wildman–Crippen MR) is 96.2 cm³/mol. The minimum atomic E-state index is 0.0890. The smallest absolute Gasteiger partial charge is 0.242 e. The highest BCUT2D eigenvalue weighted by atomic mass is 16.2. The van der Waals surface area contributed by atoms with Gasteiger partial charge in [-0.3, -0.25) is 9.59 Å². The van der Waals surface area contributed by atoms with Crippen LogP contribution in [0, 0.1) is 0 Å². The molecule has 2 aliphatic rings. The summed E-state index contributed by atoms with van der Waals surface area (Å²) >= 11 is 0. The molecule has 0 unspecified atom stereocenters. The number of amides is 2. The van der Waals surface area contributed by atoms with Gasteiger partial charge in [0.15, 0.2) is 0 Å². The summed E-state index contributed by atoms with van der Waals surface area (Å²) in [6.07, 6.45) is 9.59. The first kappa shape index (κ1) is 18.0. The maximum absolute atomic E-state index is 12.8. The summed E-state index contributed by atoms with van der Waals surface area (Å²) in [5.74, 6) is 1.68. The molecule has 3 heterocycles. The largest absolute Gasteiger partial charge is 0.339 e. The lowest BCUT2D eigenvalue weighted by Crippen LogP contribution is -2.47. The Hall–Kier alpha value is -1.85. The third-order valence-corrected chi connectivity index (χ3v) is 5.36. The van der Waals surface area contributed by atoms with Crippen molar-refractivity contribution in [3.8, 4) is 0 Å². The summed E-state index contributed by atoms with van der Waals surface area (Å²) in [5, 5.41) is 0. The van der Waals surface area contributed by atoms with Crippen LogP contribution in [0.4, 0.5) is 0 Å². The lowest BCUT2D eigenvalue weighted by Gasteiger charge is -2.35. The molecule has 0 aliphatic carbocycles. The second-order valence-electron chi connectivity index (χ2n) is 7.61. The molecule has 2 saturated heterocycles. The summed E-state index contributed by atoms with van der Waals surface area (Å²) in [6.45, 7) is 6.78. The van der Waals surface area contributed by atoms with Crippen molar-refractivity contribution in [1.29, 1.82) is 0 Å². The van der Waals surface area contributed by atoms with E-state index in [1.807, 2.05) is 17.3 Å². The molecule has 0 spiro atoms. The molecule has 6 nitrogen and oxygen atoms in total. The standard InChI is InChI=1S/C19H30N4O2/c1-15(2)19-20-9-12-23(19)16-7-6-11-21(13-16)18(25)14-22-10-5-3-4-8-17(22)24/h9,12,15-16H,3-8,10-11,13-14H2,1-2H3/t16-/m0/s1. The van der Waals surface area contributed by atoms with E-state index in [0.717, 1.165) is 57.6 Å². The van der Waals surface area contributed by atoms with Crippen molar-refractivity contribution >= 4 is 11.8 Å². The number of carbonyl (C=O) groups is 2. The van der Waals surface area contributed by atoms with Gasteiger partial charge in [0, 0.05) is 44.4 Å². The highest BCUT2D eigenvalue weighted by Crippen LogP contribution is 2.25. The van der Waals surface area contributed by atoms with Crippen molar-refractivity contribution in [3.05, 3.63) is 18.2 Å². The average Bonchev–Trinajstić information content (AvgIpc) is 3.02. The molecule has 2 amide bonds. The van der Waals surface area contributed by atoms with E-state index in [0.29, 0.717) is 12.3 Å². The monoisotopic (exact) mass is 346 g/mol. The lowest BCUT2D eigenvalue weighted by atomic mass is 10.0. The number of imidazole rings is 1. The summed E-state index contributed by atoms with van der Waals surface area (Å²) in [7, 11) is 0. The Morgan fingerprint density at radius 1 is 1.24 bits per heavy atom. The molecule has 0 saturated carbocycles. The maximum atomic E-state index is 12.8. The van der Waals surface area contributed by atoms with Crippen LogP contribution in [-0.4, -0.2) is 57.3 Å². The molecule has 1 aromatic rings. The lowest BCUT2D eigenvalue weighted by molar-refractivity contribution is -0.141. The van der Waals surface area contributed by atoms with Crippen molar-refractivity contribution in [2.24, 2.45) is 0 Å². The SMILES string of the molecule is CC(C)c1nccn1[C@H]1CCCN(C(=O)CN2CCCCCC2=O)C1. The second-order valence-corrected chi connectivity index (χ2v) is 7.61. The first-order chi connectivity index (χ1) is 12.1. The Morgan fingerprint density at radius 2 is 2.08 bits per heavy atom. The van der Waals surface area contributed by atoms with Crippen LogP contribution in [0.2, 0.25) is 0 Å². The number of nitrogens with zero attached hydrogens (tertiary/aromatic N) is 4. The van der Waals surface area contributed by atoms with Gasteiger partial charge < -0.3 is 14.4 Å². The zero-order valence-electron chi connectivity index (χ0n) is 15.5. The predicted octanol–water partition coefficient (Wildman–Crippen LogP) is 2.57. The fourth-order valence-corrected chi connectivity index (χ4v) is 3.96. The topological polar surface area (TPSA) is 58.4 Å². The highest BCUT2D eigenvalue weighted by Gasteiger charge is 2.28. The minimum absolute atomic E-state index is 0.0890. The van der Waals surface area contributed by atoms with Crippen LogP contribution in [0.1, 0.15) is 70.2 Å². The van der Waals surface area contributed by atoms with Crippen molar-refractivity contribution < 1.29 is 9.59 Å². The maximum Gasteiger partial charge on any atom is 0.242 e. The number of hydrogen-bond acceptors (Lipinski definition) is 3. The van der Waals surface area contributed by atoms with E-state index >= 15 is 0 Å². The Balaban J connectivity index is 1.63. The Labute approximate surface area is 150 Å². The number of aromatic nitrogens is 2. The average molecular weight is 346 g/mol. The van der Waals surface area contributed by atoms with Gasteiger partial charge in [0.1, 0.15) is 5.82 Å². The van der Waals surface area contributed by atoms with Crippen LogP contribution in [-0.2, 0) is 9.59 Å². The first-order valence-electron chi connectivity index (χ1n) is 9.64. The molecule has 138 valence electrons. The second kappa shape index (κ2) is 8.02. The van der Waals surface area contributed by atoms with E-state index in [-0.39, 0.29) is 24.4 Å². The molecule has 2 aliphatic heterocycles. The van der Waals surface area contributed by atoms with E-state index in [1.165, 1.54) is 0 Å². The van der Waals surface area contributed by atoms with Crippen molar-refractivity contribution in [2.75, 3.05) is 26.2 Å². The number of hydrogen-bond donors (Lipinski definition) is 0. The van der Waals surface area contributed by atoms with Gasteiger partial charge >= 0.3 is 0 Å². The summed E-state index contributed by atoms with van der Waals surface area (Å²) in [5.41, 5.74) is 0. The fourth-order valence-electron chi connectivity index (χ4n) is 3.96. The van der Waals surface area contributed by atoms with Crippen LogP contribution in [0.3, 0.4) is 0 Å². The Morgan fingerprint density at radius 3 is 2.88 bits per heavy atom. The number of carbonyl (C=O) groups excluding carboxylic acids is 2. The van der Waals surface area contributed by atoms with Gasteiger partial charge in [0.2, 0.25) is 11.8 Å². The van der Waals surface area contributed by atoms with Crippen molar-refractivity contribution in [2.45, 2.75) is 64.3 Å². The van der Waals surface area contributed by atoms with Gasteiger partial charge in [0.05, 0.1) is 12.6 Å². The number of likely N-dealkylation sites (tertiary alicyclic amines) is 2. The normalized spacial score (nSPS) is 22.4. The molecule has 0 bridgehead atoms. The molecule has 1 aromatic heterocycles. The van der Waals surface area contributed by atoms with Crippen molar-refractivity contribution in [3.63, 3.8) is 0 Å². The van der Waals surface area contributed by atoms with Gasteiger partial charge in [-0.05, 0) is 25.7 Å². The molecular formula is C19H30N4O2. The zero-order valence-corrected chi connectivity index (χ0v) is 15.5. The van der Waals surface area contributed by atoms with Gasteiger partial charge in [-0.2, -0.15) is 0 Å². The van der Waals surface area contributed by atoms with Gasteiger partial charge in [-0.25, -0.2) is 4.98 Å². The summed E-state index contributed by atoms with van der Waals surface area (Å²) < 4.78 is 2.24. The Kier molecular flexibility index (Phi) is 5.76. The minimum Gasteiger partial charge on any atom is -0.339 e. The van der Waals surface area contributed by atoms with Gasteiger partial charge in [-0.1, -0.05) is 20.3 Å². The van der Waals surface area contributed by atoms with Crippen LogP contribution >= 0.6 is 0 Å². The van der Waals surface area contributed by atoms with Crippen LogP contribution in [0.15, 0.2) is 12.4 Å². The van der Waals surface area contributed by atoms with E-state index < -0.39 is 0 Å². The summed E-state index contributed by atoms with van der Waals surface area (Å²) in [4.78, 5) is 33.1. The first-order valence-corrected chi connectivity index (χ1v) is 9.64. The third kappa shape index (κ3) is 4.22. The van der Waals surface area contributed by atoms with E-state index in [2.05, 4.69) is 23.4 Å². The Bertz CT molecular complexity index is 610. The van der Waals surface area contributed by atoms with Gasteiger partial charge in [0.25, 0.3) is 0 Å². The van der Waals surface area contributed by atoms with Crippen molar-refractivity contribution in [1.82, 2.24) is 19.4 Å². The molecule has 25 heavy (non-hydrogen) atoms. The van der Waals surface area contributed by atoms with Gasteiger partial charge in [-0.15, -0.1) is 0 Å². The molecule has 0 aromatic carbocycles. The molecule has 0 radical (unpaired) electrons. The molecular weight excluding hydrogens is 316 g/mol. The summed E-state index contributed by atoms with van der Waals surface area (Å²) in [6, 6.07) is 0.289. The third-order valence-electron chi connectivity index (χ3n) is 5.36. The van der Waals surface area contributed by atoms with Crippen LogP contribution in [0.5, 0.6) is 0 Å². The zero-order chi connectivity index (χ0) is 17.8. The fraction of sp³-hybridized carbons (Fsp3) is 0.737. The molecule has 3 rings (SSSR count). The van der Waals surface area contributed by atoms with E-state index in [4.69, 9.17) is 0 Å². The number of piperidine rings is 1.